The van der Waals surface area contributed by atoms with Crippen molar-refractivity contribution in [2.75, 3.05) is 0 Å². The summed E-state index contributed by atoms with van der Waals surface area (Å²) >= 11 is 0. The maximum absolute atomic E-state index is 13.6. The van der Waals surface area contributed by atoms with Crippen LogP contribution in [0.15, 0.2) is 91.0 Å². The maximum Gasteiger partial charge on any atom is 0.707 e. The van der Waals surface area contributed by atoms with Crippen LogP contribution in [0.2, 0.25) is 0 Å². The number of hydrogen-bond donors (Lipinski definition) is 2. The molecular formula is C28H17BF7O3P. The highest BCUT2D eigenvalue weighted by molar-refractivity contribution is 7.79. The molecule has 12 heteroatoms. The molecule has 0 aliphatic heterocycles. The van der Waals surface area contributed by atoms with Crippen LogP contribution < -0.4 is 20.6 Å². The van der Waals surface area contributed by atoms with Gasteiger partial charge in [-0.05, 0) is 23.8 Å². The molecule has 40 heavy (non-hydrogen) atoms. The topological polar surface area (TPSA) is 49.7 Å². The highest BCUT2D eigenvalue weighted by atomic mass is 31.1. The van der Waals surface area contributed by atoms with Gasteiger partial charge in [0, 0.05) is 0 Å². The van der Waals surface area contributed by atoms with Gasteiger partial charge in [0.25, 0.3) is 0 Å². The Hall–Kier alpha value is -3.92. The van der Waals surface area contributed by atoms with E-state index in [1.165, 1.54) is 15.9 Å². The van der Waals surface area contributed by atoms with Crippen molar-refractivity contribution in [3.05, 3.63) is 132 Å². The minimum absolute atomic E-state index is 0.446. The molecule has 0 saturated heterocycles. The van der Waals surface area contributed by atoms with Gasteiger partial charge in [-0.2, -0.15) is 4.39 Å². The van der Waals surface area contributed by atoms with Crippen LogP contribution in [-0.2, 0) is 0 Å². The highest BCUT2D eigenvalue weighted by Crippen LogP contribution is 2.39. The van der Waals surface area contributed by atoms with Gasteiger partial charge < -0.3 is 14.7 Å². The van der Waals surface area contributed by atoms with E-state index in [0.29, 0.717) is 0 Å². The van der Waals surface area contributed by atoms with Crippen molar-refractivity contribution in [1.82, 2.24) is 0 Å². The fourth-order valence-electron chi connectivity index (χ4n) is 3.86. The molecule has 0 fully saturated rings. The molecule has 5 aromatic rings. The average molecular weight is 576 g/mol. The summed E-state index contributed by atoms with van der Waals surface area (Å²) in [5.74, 6) is -18.3. The second-order valence-corrected chi connectivity index (χ2v) is 10.3. The first-order chi connectivity index (χ1) is 19.1. The number of fused-ring (bicyclic) bond motifs is 1. The predicted octanol–water partition coefficient (Wildman–Crippen LogP) is 5.61. The molecule has 0 atom stereocenters. The van der Waals surface area contributed by atoms with Gasteiger partial charge in [-0.1, -0.05) is 91.0 Å². The van der Waals surface area contributed by atoms with E-state index >= 15 is 0 Å². The summed E-state index contributed by atoms with van der Waals surface area (Å²) in [4.78, 5) is 0. The van der Waals surface area contributed by atoms with Gasteiger partial charge in [0.1, 0.15) is 0 Å². The van der Waals surface area contributed by atoms with Gasteiger partial charge in [0.15, 0.2) is 40.7 Å². The first kappa shape index (κ1) is 29.1. The highest BCUT2D eigenvalue weighted by Gasteiger charge is 2.32. The van der Waals surface area contributed by atoms with Gasteiger partial charge in [-0.15, -0.1) is 0 Å². The summed E-state index contributed by atoms with van der Waals surface area (Å²) in [6.07, 6.45) is 0. The molecule has 0 radical (unpaired) electrons. The normalized spacial score (nSPS) is 10.8. The molecule has 0 aliphatic rings. The van der Waals surface area contributed by atoms with E-state index in [1.807, 2.05) is 0 Å². The lowest BCUT2D eigenvalue weighted by Gasteiger charge is -2.18. The SMILES string of the molecule is OB(O)Oc1c(F)c(F)c(F)c2c(F)c(F)c(F)c(F)c12.c1ccc(P(c2ccccc2)c2ccccc2)cc1. The van der Waals surface area contributed by atoms with Crippen LogP contribution in [-0.4, -0.2) is 17.4 Å². The minimum Gasteiger partial charge on any atom is -0.509 e. The van der Waals surface area contributed by atoms with Crippen molar-refractivity contribution in [3.8, 4) is 5.75 Å². The standard InChI is InChI=1S/C18H15P.C10H2BF7O3/c1-4-10-16(11-5-1)19(17-12-6-2-7-13-17)18-14-8-3-9-15-18;12-3-1-2(5(14)7(16)6(3)15)10(21-11(19)20)9(18)8(17)4(1)13/h1-15H;19-20H. The third kappa shape index (κ3) is 5.82. The van der Waals surface area contributed by atoms with Crippen molar-refractivity contribution >= 4 is 41.9 Å². The number of rotatable bonds is 5. The Morgan fingerprint density at radius 3 is 1.12 bits per heavy atom. The van der Waals surface area contributed by atoms with Gasteiger partial charge in [-0.25, -0.2) is 26.3 Å². The van der Waals surface area contributed by atoms with E-state index in [4.69, 9.17) is 10.0 Å². The second kappa shape index (κ2) is 12.5. The molecule has 0 heterocycles. The Kier molecular flexibility index (Phi) is 9.09. The molecule has 0 unspecified atom stereocenters. The zero-order valence-electron chi connectivity index (χ0n) is 20.1. The third-order valence-corrected chi connectivity index (χ3v) is 8.01. The number of benzene rings is 5. The van der Waals surface area contributed by atoms with Crippen LogP contribution >= 0.6 is 7.92 Å². The van der Waals surface area contributed by atoms with Crippen molar-refractivity contribution in [3.63, 3.8) is 0 Å². The second-order valence-electron chi connectivity index (χ2n) is 8.06. The van der Waals surface area contributed by atoms with E-state index in [0.717, 1.165) is 0 Å². The molecule has 0 aromatic heterocycles. The summed E-state index contributed by atoms with van der Waals surface area (Å²) in [5.41, 5.74) is 0. The molecule has 0 aliphatic carbocycles. The molecule has 0 bridgehead atoms. The Bertz CT molecular complexity index is 1520. The van der Waals surface area contributed by atoms with Crippen molar-refractivity contribution in [2.45, 2.75) is 0 Å². The largest absolute Gasteiger partial charge is 0.707 e. The lowest BCUT2D eigenvalue weighted by molar-refractivity contribution is 0.279. The molecule has 0 spiro atoms. The van der Waals surface area contributed by atoms with Crippen LogP contribution in [0.1, 0.15) is 0 Å². The van der Waals surface area contributed by atoms with E-state index < -0.39 is 72.5 Å². The lowest BCUT2D eigenvalue weighted by atomic mass is 10.0. The van der Waals surface area contributed by atoms with Crippen molar-refractivity contribution in [1.29, 1.82) is 0 Å². The fraction of sp³-hybridized carbons (Fsp3) is 0. The molecule has 2 N–H and O–H groups in total. The van der Waals surface area contributed by atoms with Crippen LogP contribution in [0.3, 0.4) is 0 Å². The Labute approximate surface area is 225 Å². The maximum atomic E-state index is 13.6. The smallest absolute Gasteiger partial charge is 0.509 e. The molecule has 204 valence electrons. The Morgan fingerprint density at radius 2 is 0.775 bits per heavy atom. The van der Waals surface area contributed by atoms with Gasteiger partial charge in [0.05, 0.1) is 10.8 Å². The summed E-state index contributed by atoms with van der Waals surface area (Å²) in [7, 11) is -3.29. The Balaban J connectivity index is 0.000000186. The van der Waals surface area contributed by atoms with Gasteiger partial charge in [-0.3, -0.25) is 0 Å². The van der Waals surface area contributed by atoms with E-state index in [1.54, 1.807) is 0 Å². The van der Waals surface area contributed by atoms with Crippen LogP contribution in [0, 0.1) is 40.7 Å². The zero-order chi connectivity index (χ0) is 29.0. The quantitative estimate of drug-likeness (QED) is 0.0942. The summed E-state index contributed by atoms with van der Waals surface area (Å²) < 4.78 is 97.1. The zero-order valence-corrected chi connectivity index (χ0v) is 21.0. The van der Waals surface area contributed by atoms with Crippen LogP contribution in [0.25, 0.3) is 10.8 Å². The third-order valence-electron chi connectivity index (χ3n) is 5.56. The van der Waals surface area contributed by atoms with E-state index in [2.05, 4.69) is 95.6 Å². The summed E-state index contributed by atoms with van der Waals surface area (Å²) in [5, 5.41) is 17.8. The summed E-state index contributed by atoms with van der Waals surface area (Å²) in [6, 6.07) is 32.3. The fourth-order valence-corrected chi connectivity index (χ4v) is 6.17. The number of hydrogen-bond acceptors (Lipinski definition) is 3. The average Bonchev–Trinajstić information content (AvgIpc) is 2.97. The first-order valence-corrected chi connectivity index (χ1v) is 12.8. The molecule has 5 aromatic carbocycles. The predicted molar refractivity (Wildman–Crippen MR) is 140 cm³/mol. The van der Waals surface area contributed by atoms with E-state index in [-0.39, 0.29) is 0 Å². The molecule has 0 amide bonds. The molecule has 5 rings (SSSR count). The van der Waals surface area contributed by atoms with Gasteiger partial charge in [0.2, 0.25) is 5.82 Å². The molecular weight excluding hydrogens is 559 g/mol. The monoisotopic (exact) mass is 576 g/mol. The van der Waals surface area contributed by atoms with Gasteiger partial charge >= 0.3 is 7.32 Å². The lowest BCUT2D eigenvalue weighted by Crippen LogP contribution is -2.22. The van der Waals surface area contributed by atoms with E-state index in [9.17, 15) is 30.7 Å². The summed E-state index contributed by atoms with van der Waals surface area (Å²) in [6.45, 7) is 0. The van der Waals surface area contributed by atoms with Crippen molar-refractivity contribution < 1.29 is 45.4 Å². The number of halogens is 7. The van der Waals surface area contributed by atoms with Crippen LogP contribution in [0.5, 0.6) is 5.75 Å². The molecule has 0 saturated carbocycles. The van der Waals surface area contributed by atoms with Crippen LogP contribution in [0.4, 0.5) is 30.7 Å². The molecule has 3 nitrogen and oxygen atoms in total. The Morgan fingerprint density at radius 1 is 0.450 bits per heavy atom. The first-order valence-electron chi connectivity index (χ1n) is 11.4. The van der Waals surface area contributed by atoms with Crippen molar-refractivity contribution in [2.24, 2.45) is 0 Å². The minimum atomic E-state index is -2.84.